The van der Waals surface area contributed by atoms with Crippen LogP contribution in [0.1, 0.15) is 34.8 Å². The van der Waals surface area contributed by atoms with Gasteiger partial charge in [0.25, 0.3) is 5.91 Å². The minimum Gasteiger partial charge on any atom is -0.399 e. The molecule has 2 aromatic rings. The van der Waals surface area contributed by atoms with Crippen molar-refractivity contribution >= 4 is 24.0 Å². The maximum Gasteiger partial charge on any atom is 0.251 e. The topological polar surface area (TPSA) is 58.4 Å². The molecule has 0 radical (unpaired) electrons. The van der Waals surface area contributed by atoms with E-state index in [2.05, 4.69) is 34.5 Å². The van der Waals surface area contributed by atoms with E-state index >= 15 is 0 Å². The van der Waals surface area contributed by atoms with Crippen molar-refractivity contribution in [3.63, 3.8) is 0 Å². The van der Waals surface area contributed by atoms with Gasteiger partial charge in [-0.15, -0.1) is 12.4 Å². The minimum atomic E-state index is -0.0508. The number of nitrogens with zero attached hydrogens (tertiary/aromatic N) is 1. The average Bonchev–Trinajstić information content (AvgIpc) is 3.11. The minimum absolute atomic E-state index is 0. The first-order valence-electron chi connectivity index (χ1n) is 8.17. The molecule has 128 valence electrons. The SMILES string of the molecule is Cl.Nc1ccc(C(=O)NCC(c2ccccc2)N2CCCC2)cc1. The number of anilines is 1. The van der Waals surface area contributed by atoms with Crippen LogP contribution in [0.25, 0.3) is 0 Å². The van der Waals surface area contributed by atoms with Crippen molar-refractivity contribution in [1.82, 2.24) is 10.2 Å². The number of hydrogen-bond acceptors (Lipinski definition) is 3. The lowest BCUT2D eigenvalue weighted by atomic mass is 10.1. The third kappa shape index (κ3) is 4.49. The highest BCUT2D eigenvalue weighted by Crippen LogP contribution is 2.24. The van der Waals surface area contributed by atoms with Crippen molar-refractivity contribution in [2.24, 2.45) is 0 Å². The normalized spacial score (nSPS) is 15.5. The number of carbonyl (C=O) groups is 1. The monoisotopic (exact) mass is 345 g/mol. The maximum atomic E-state index is 12.3. The van der Waals surface area contributed by atoms with Crippen molar-refractivity contribution < 1.29 is 4.79 Å². The first-order valence-corrected chi connectivity index (χ1v) is 8.17. The molecule has 1 unspecified atom stereocenters. The smallest absolute Gasteiger partial charge is 0.251 e. The van der Waals surface area contributed by atoms with Gasteiger partial charge in [-0.05, 0) is 55.8 Å². The maximum absolute atomic E-state index is 12.3. The van der Waals surface area contributed by atoms with Gasteiger partial charge in [-0.2, -0.15) is 0 Å². The van der Waals surface area contributed by atoms with Gasteiger partial charge in [-0.25, -0.2) is 0 Å². The van der Waals surface area contributed by atoms with Crippen LogP contribution in [0.5, 0.6) is 0 Å². The first-order chi connectivity index (χ1) is 11.2. The number of halogens is 1. The van der Waals surface area contributed by atoms with E-state index in [1.807, 2.05) is 6.07 Å². The zero-order valence-corrected chi connectivity index (χ0v) is 14.5. The number of amides is 1. The number of nitrogens with one attached hydrogen (secondary N) is 1. The highest BCUT2D eigenvalue weighted by molar-refractivity contribution is 5.94. The molecule has 0 aromatic heterocycles. The molecular weight excluding hydrogens is 322 g/mol. The van der Waals surface area contributed by atoms with E-state index in [-0.39, 0.29) is 24.4 Å². The van der Waals surface area contributed by atoms with E-state index in [9.17, 15) is 4.79 Å². The predicted octanol–water partition coefficient (Wildman–Crippen LogP) is 3.26. The summed E-state index contributed by atoms with van der Waals surface area (Å²) in [5, 5.41) is 3.07. The third-order valence-corrected chi connectivity index (χ3v) is 4.39. The van der Waals surface area contributed by atoms with Gasteiger partial charge < -0.3 is 11.1 Å². The molecule has 3 N–H and O–H groups in total. The Kier molecular flexibility index (Phi) is 6.64. The van der Waals surface area contributed by atoms with E-state index in [0.29, 0.717) is 17.8 Å². The molecule has 1 amide bonds. The number of likely N-dealkylation sites (tertiary alicyclic amines) is 1. The Labute approximate surface area is 149 Å². The molecule has 0 bridgehead atoms. The van der Waals surface area contributed by atoms with E-state index in [1.165, 1.54) is 18.4 Å². The number of nitrogens with two attached hydrogens (primary N) is 1. The summed E-state index contributed by atoms with van der Waals surface area (Å²) in [5.41, 5.74) is 8.24. The van der Waals surface area contributed by atoms with Crippen LogP contribution in [0.15, 0.2) is 54.6 Å². The van der Waals surface area contributed by atoms with Crippen LogP contribution in [-0.4, -0.2) is 30.4 Å². The van der Waals surface area contributed by atoms with E-state index in [4.69, 9.17) is 5.73 Å². The molecule has 0 aliphatic carbocycles. The molecule has 3 rings (SSSR count). The summed E-state index contributed by atoms with van der Waals surface area (Å²) in [7, 11) is 0. The zero-order valence-electron chi connectivity index (χ0n) is 13.7. The predicted molar refractivity (Wildman–Crippen MR) is 100 cm³/mol. The van der Waals surface area contributed by atoms with Crippen molar-refractivity contribution in [1.29, 1.82) is 0 Å². The summed E-state index contributed by atoms with van der Waals surface area (Å²) in [6, 6.07) is 17.7. The fraction of sp³-hybridized carbons (Fsp3) is 0.316. The second-order valence-corrected chi connectivity index (χ2v) is 6.00. The summed E-state index contributed by atoms with van der Waals surface area (Å²) in [5.74, 6) is -0.0508. The fourth-order valence-corrected chi connectivity index (χ4v) is 3.11. The largest absolute Gasteiger partial charge is 0.399 e. The highest BCUT2D eigenvalue weighted by atomic mass is 35.5. The molecule has 2 aromatic carbocycles. The number of rotatable bonds is 5. The Hall–Kier alpha value is -2.04. The Morgan fingerprint density at radius 1 is 1.04 bits per heavy atom. The van der Waals surface area contributed by atoms with Gasteiger partial charge >= 0.3 is 0 Å². The number of benzene rings is 2. The van der Waals surface area contributed by atoms with Gasteiger partial charge in [-0.1, -0.05) is 30.3 Å². The van der Waals surface area contributed by atoms with Gasteiger partial charge in [-0.3, -0.25) is 9.69 Å². The molecular formula is C19H24ClN3O. The molecule has 1 saturated heterocycles. The van der Waals surface area contributed by atoms with Crippen molar-refractivity contribution in [2.75, 3.05) is 25.4 Å². The Morgan fingerprint density at radius 3 is 2.29 bits per heavy atom. The number of nitrogen functional groups attached to an aromatic ring is 1. The number of hydrogen-bond donors (Lipinski definition) is 2. The molecule has 1 aliphatic rings. The lowest BCUT2D eigenvalue weighted by Crippen LogP contribution is -2.36. The fourth-order valence-electron chi connectivity index (χ4n) is 3.11. The molecule has 4 nitrogen and oxygen atoms in total. The summed E-state index contributed by atoms with van der Waals surface area (Å²) in [6.45, 7) is 2.81. The lowest BCUT2D eigenvalue weighted by molar-refractivity contribution is 0.0938. The van der Waals surface area contributed by atoms with E-state index in [1.54, 1.807) is 24.3 Å². The van der Waals surface area contributed by atoms with Gasteiger partial charge in [0.1, 0.15) is 0 Å². The van der Waals surface area contributed by atoms with Crippen LogP contribution >= 0.6 is 12.4 Å². The van der Waals surface area contributed by atoms with Crippen molar-refractivity contribution in [3.8, 4) is 0 Å². The van der Waals surface area contributed by atoms with Crippen LogP contribution < -0.4 is 11.1 Å². The molecule has 1 aliphatic heterocycles. The van der Waals surface area contributed by atoms with Crippen LogP contribution in [0.3, 0.4) is 0 Å². The quantitative estimate of drug-likeness (QED) is 0.818. The lowest BCUT2D eigenvalue weighted by Gasteiger charge is -2.28. The van der Waals surface area contributed by atoms with Gasteiger partial charge in [0, 0.05) is 17.8 Å². The Morgan fingerprint density at radius 2 is 1.67 bits per heavy atom. The summed E-state index contributed by atoms with van der Waals surface area (Å²) in [4.78, 5) is 14.8. The molecule has 0 saturated carbocycles. The van der Waals surface area contributed by atoms with E-state index < -0.39 is 0 Å². The zero-order chi connectivity index (χ0) is 16.1. The van der Waals surface area contributed by atoms with Crippen LogP contribution in [-0.2, 0) is 0 Å². The Balaban J connectivity index is 0.00000208. The Bertz CT molecular complexity index is 639. The van der Waals surface area contributed by atoms with Crippen LogP contribution in [0.4, 0.5) is 5.69 Å². The van der Waals surface area contributed by atoms with Crippen molar-refractivity contribution in [3.05, 3.63) is 65.7 Å². The molecule has 5 heteroatoms. The highest BCUT2D eigenvalue weighted by Gasteiger charge is 2.23. The molecule has 1 atom stereocenters. The second-order valence-electron chi connectivity index (χ2n) is 6.00. The second kappa shape index (κ2) is 8.71. The van der Waals surface area contributed by atoms with Crippen molar-refractivity contribution in [2.45, 2.75) is 18.9 Å². The standard InChI is InChI=1S/C19H23N3O.ClH/c20-17-10-8-16(9-11-17)19(23)21-14-18(22-12-4-5-13-22)15-6-2-1-3-7-15;/h1-3,6-11,18H,4-5,12-14,20H2,(H,21,23);1H. The summed E-state index contributed by atoms with van der Waals surface area (Å²) >= 11 is 0. The molecule has 24 heavy (non-hydrogen) atoms. The average molecular weight is 346 g/mol. The first kappa shape index (κ1) is 18.3. The molecule has 1 heterocycles. The van der Waals surface area contributed by atoms with Crippen LogP contribution in [0, 0.1) is 0 Å². The van der Waals surface area contributed by atoms with Crippen LogP contribution in [0.2, 0.25) is 0 Å². The van der Waals surface area contributed by atoms with E-state index in [0.717, 1.165) is 13.1 Å². The van der Waals surface area contributed by atoms with Gasteiger partial charge in [0.15, 0.2) is 0 Å². The summed E-state index contributed by atoms with van der Waals surface area (Å²) in [6.07, 6.45) is 2.46. The third-order valence-electron chi connectivity index (χ3n) is 4.39. The molecule has 1 fully saturated rings. The van der Waals surface area contributed by atoms with Gasteiger partial charge in [0.05, 0.1) is 6.04 Å². The molecule has 0 spiro atoms. The van der Waals surface area contributed by atoms with Gasteiger partial charge in [0.2, 0.25) is 0 Å². The summed E-state index contributed by atoms with van der Waals surface area (Å²) < 4.78 is 0. The number of carbonyl (C=O) groups excluding carboxylic acids is 1.